The lowest BCUT2D eigenvalue weighted by atomic mass is 10.2. The van der Waals surface area contributed by atoms with Crippen molar-refractivity contribution < 1.29 is 17.9 Å². The van der Waals surface area contributed by atoms with E-state index in [9.17, 15) is 13.2 Å². The van der Waals surface area contributed by atoms with Gasteiger partial charge < -0.3 is 4.74 Å². The molecule has 0 amide bonds. The molecule has 106 valence electrons. The van der Waals surface area contributed by atoms with Crippen molar-refractivity contribution >= 4 is 31.9 Å². The summed E-state index contributed by atoms with van der Waals surface area (Å²) in [5.41, 5.74) is 0.798. The van der Waals surface area contributed by atoms with Crippen LogP contribution in [0.4, 0.5) is 0 Å². The third kappa shape index (κ3) is 4.29. The Balaban J connectivity index is 2.92. The Morgan fingerprint density at radius 1 is 1.47 bits per heavy atom. The number of carbonyl (C=O) groups is 1. The molecule has 1 rings (SSSR count). The van der Waals surface area contributed by atoms with Crippen LogP contribution in [0.25, 0.3) is 0 Å². The topological polar surface area (TPSA) is 72.5 Å². The highest BCUT2D eigenvalue weighted by Crippen LogP contribution is 2.20. The molecule has 0 saturated heterocycles. The summed E-state index contributed by atoms with van der Waals surface area (Å²) >= 11 is 3.30. The molecule has 1 N–H and O–H groups in total. The van der Waals surface area contributed by atoms with Gasteiger partial charge >= 0.3 is 5.97 Å². The van der Waals surface area contributed by atoms with Crippen LogP contribution < -0.4 is 4.72 Å². The van der Waals surface area contributed by atoms with Crippen LogP contribution in [0.15, 0.2) is 27.6 Å². The maximum atomic E-state index is 12.1. The zero-order valence-electron chi connectivity index (χ0n) is 10.9. The van der Waals surface area contributed by atoms with Gasteiger partial charge in [0.2, 0.25) is 10.0 Å². The van der Waals surface area contributed by atoms with Gasteiger partial charge in [-0.25, -0.2) is 8.42 Å². The number of hydrogen-bond acceptors (Lipinski definition) is 4. The van der Waals surface area contributed by atoms with Crippen molar-refractivity contribution in [2.45, 2.75) is 31.7 Å². The number of sulfonamides is 1. The lowest BCUT2D eigenvalue weighted by Crippen LogP contribution is -2.39. The molecule has 1 atom stereocenters. The van der Waals surface area contributed by atoms with Crippen LogP contribution >= 0.6 is 15.9 Å². The number of rotatable bonds is 5. The van der Waals surface area contributed by atoms with Crippen LogP contribution in [0, 0.1) is 6.92 Å². The van der Waals surface area contributed by atoms with Crippen LogP contribution in [0.1, 0.15) is 19.4 Å². The molecule has 0 aliphatic heterocycles. The first-order valence-electron chi connectivity index (χ1n) is 5.73. The van der Waals surface area contributed by atoms with Crippen LogP contribution in [0.2, 0.25) is 0 Å². The summed E-state index contributed by atoms with van der Waals surface area (Å²) in [7, 11) is -3.73. The van der Waals surface area contributed by atoms with E-state index in [0.29, 0.717) is 0 Å². The molecule has 0 aliphatic rings. The molecule has 0 aliphatic carbocycles. The van der Waals surface area contributed by atoms with E-state index in [0.717, 1.165) is 10.0 Å². The molecule has 1 aromatic carbocycles. The van der Waals surface area contributed by atoms with Crippen molar-refractivity contribution in [3.05, 3.63) is 28.2 Å². The second kappa shape index (κ2) is 6.49. The quantitative estimate of drug-likeness (QED) is 0.825. The molecule has 7 heteroatoms. The van der Waals surface area contributed by atoms with Crippen LogP contribution in [-0.2, 0) is 19.6 Å². The zero-order valence-corrected chi connectivity index (χ0v) is 13.3. The average molecular weight is 350 g/mol. The van der Waals surface area contributed by atoms with E-state index < -0.39 is 22.0 Å². The summed E-state index contributed by atoms with van der Waals surface area (Å²) in [6.07, 6.45) is 0. The molecule has 0 bridgehead atoms. The molecule has 0 fully saturated rings. The number of benzene rings is 1. The number of aryl methyl sites for hydroxylation is 1. The Labute approximate surface area is 121 Å². The van der Waals surface area contributed by atoms with Crippen LogP contribution in [0.5, 0.6) is 0 Å². The van der Waals surface area contributed by atoms with Gasteiger partial charge in [0.25, 0.3) is 0 Å². The lowest BCUT2D eigenvalue weighted by molar-refractivity contribution is -0.144. The molecular weight excluding hydrogens is 334 g/mol. The molecule has 5 nitrogen and oxygen atoms in total. The minimum absolute atomic E-state index is 0.115. The van der Waals surface area contributed by atoms with E-state index in [1.54, 1.807) is 19.9 Å². The molecule has 0 aromatic heterocycles. The standard InChI is InChI=1S/C12H16BrNO4S/c1-4-18-12(15)9(3)14-19(16,17)10-5-6-11(13)8(2)7-10/h5-7,9,14H,4H2,1-3H3. The highest BCUT2D eigenvalue weighted by molar-refractivity contribution is 9.10. The number of ether oxygens (including phenoxy) is 1. The van der Waals surface area contributed by atoms with E-state index in [4.69, 9.17) is 4.74 Å². The van der Waals surface area contributed by atoms with Crippen molar-refractivity contribution in [1.29, 1.82) is 0 Å². The first kappa shape index (κ1) is 16.1. The maximum absolute atomic E-state index is 12.1. The van der Waals surface area contributed by atoms with Gasteiger partial charge in [-0.1, -0.05) is 15.9 Å². The Hall–Kier alpha value is -0.920. The Morgan fingerprint density at radius 3 is 2.63 bits per heavy atom. The lowest BCUT2D eigenvalue weighted by Gasteiger charge is -2.13. The highest BCUT2D eigenvalue weighted by Gasteiger charge is 2.23. The minimum Gasteiger partial charge on any atom is -0.465 e. The van der Waals surface area contributed by atoms with Crippen molar-refractivity contribution in [1.82, 2.24) is 4.72 Å². The molecule has 0 saturated carbocycles. The van der Waals surface area contributed by atoms with Gasteiger partial charge in [-0.15, -0.1) is 0 Å². The summed E-state index contributed by atoms with van der Waals surface area (Å²) in [5, 5.41) is 0. The Bertz CT molecular complexity index is 571. The Kier molecular flexibility index (Phi) is 5.51. The van der Waals surface area contributed by atoms with Gasteiger partial charge in [0, 0.05) is 4.47 Å². The molecular formula is C12H16BrNO4S. The van der Waals surface area contributed by atoms with E-state index >= 15 is 0 Å². The largest absolute Gasteiger partial charge is 0.465 e. The van der Waals surface area contributed by atoms with E-state index in [1.165, 1.54) is 19.1 Å². The number of nitrogens with one attached hydrogen (secondary N) is 1. The van der Waals surface area contributed by atoms with Crippen molar-refractivity contribution in [3.63, 3.8) is 0 Å². The van der Waals surface area contributed by atoms with Crippen molar-refractivity contribution in [2.75, 3.05) is 6.61 Å². The molecule has 1 aromatic rings. The monoisotopic (exact) mass is 349 g/mol. The molecule has 0 spiro atoms. The summed E-state index contributed by atoms with van der Waals surface area (Å²) in [5.74, 6) is -0.597. The minimum atomic E-state index is -3.73. The second-order valence-electron chi connectivity index (χ2n) is 4.01. The van der Waals surface area contributed by atoms with Crippen LogP contribution in [-0.4, -0.2) is 27.0 Å². The van der Waals surface area contributed by atoms with Gasteiger partial charge in [0.05, 0.1) is 11.5 Å². The smallest absolute Gasteiger partial charge is 0.323 e. The molecule has 0 heterocycles. The number of esters is 1. The second-order valence-corrected chi connectivity index (χ2v) is 6.57. The summed E-state index contributed by atoms with van der Waals surface area (Å²) < 4.78 is 32.0. The average Bonchev–Trinajstić information content (AvgIpc) is 2.32. The summed E-state index contributed by atoms with van der Waals surface area (Å²) in [6.45, 7) is 5.11. The fourth-order valence-corrected chi connectivity index (χ4v) is 2.92. The third-order valence-corrected chi connectivity index (χ3v) is 4.84. The van der Waals surface area contributed by atoms with Gasteiger partial charge in [0.15, 0.2) is 0 Å². The summed E-state index contributed by atoms with van der Waals surface area (Å²) in [6, 6.07) is 3.73. The van der Waals surface area contributed by atoms with E-state index in [2.05, 4.69) is 20.7 Å². The zero-order chi connectivity index (χ0) is 14.6. The van der Waals surface area contributed by atoms with Gasteiger partial charge in [-0.05, 0) is 44.5 Å². The fraction of sp³-hybridized carbons (Fsp3) is 0.417. The predicted molar refractivity (Wildman–Crippen MR) is 75.3 cm³/mol. The number of halogens is 1. The number of carbonyl (C=O) groups excluding carboxylic acids is 1. The first-order valence-corrected chi connectivity index (χ1v) is 8.00. The third-order valence-electron chi connectivity index (χ3n) is 2.41. The Morgan fingerprint density at radius 2 is 2.11 bits per heavy atom. The van der Waals surface area contributed by atoms with Crippen molar-refractivity contribution in [2.24, 2.45) is 0 Å². The summed E-state index contributed by atoms with van der Waals surface area (Å²) in [4.78, 5) is 11.5. The molecule has 0 radical (unpaired) electrons. The normalized spacial score (nSPS) is 13.1. The van der Waals surface area contributed by atoms with Gasteiger partial charge in [0.1, 0.15) is 6.04 Å². The molecule has 1 unspecified atom stereocenters. The first-order chi connectivity index (χ1) is 8.77. The maximum Gasteiger partial charge on any atom is 0.323 e. The number of hydrogen-bond donors (Lipinski definition) is 1. The van der Waals surface area contributed by atoms with Crippen molar-refractivity contribution in [3.8, 4) is 0 Å². The van der Waals surface area contributed by atoms with Gasteiger partial charge in [-0.3, -0.25) is 4.79 Å². The van der Waals surface area contributed by atoms with Gasteiger partial charge in [-0.2, -0.15) is 4.72 Å². The predicted octanol–water partition coefficient (Wildman–Crippen LogP) is 1.99. The van der Waals surface area contributed by atoms with Crippen LogP contribution in [0.3, 0.4) is 0 Å². The SMILES string of the molecule is CCOC(=O)C(C)NS(=O)(=O)c1ccc(Br)c(C)c1. The van der Waals surface area contributed by atoms with E-state index in [-0.39, 0.29) is 11.5 Å². The highest BCUT2D eigenvalue weighted by atomic mass is 79.9. The van der Waals surface area contributed by atoms with E-state index in [1.807, 2.05) is 0 Å². The fourth-order valence-electron chi connectivity index (χ4n) is 1.40. The molecule has 19 heavy (non-hydrogen) atoms.